The lowest BCUT2D eigenvalue weighted by atomic mass is 10.2. The molecule has 0 aliphatic rings. The average molecular weight is 268 g/mol. The average Bonchev–Trinajstić information content (AvgIpc) is 3.09. The fraction of sp³-hybridized carbons (Fsp3) is 0.214. The van der Waals surface area contributed by atoms with Gasteiger partial charge in [-0.1, -0.05) is 0 Å². The highest BCUT2D eigenvalue weighted by molar-refractivity contribution is 5.56. The summed E-state index contributed by atoms with van der Waals surface area (Å²) >= 11 is 0. The molecule has 0 spiro atoms. The summed E-state index contributed by atoms with van der Waals surface area (Å²) in [6, 6.07) is 5.78. The molecule has 0 unspecified atom stereocenters. The van der Waals surface area contributed by atoms with E-state index in [0.717, 1.165) is 22.9 Å². The van der Waals surface area contributed by atoms with Gasteiger partial charge in [0.15, 0.2) is 5.82 Å². The van der Waals surface area contributed by atoms with Crippen LogP contribution in [0.5, 0.6) is 0 Å². The van der Waals surface area contributed by atoms with Crippen molar-refractivity contribution in [3.8, 4) is 5.82 Å². The molecule has 3 rings (SSSR count). The normalized spacial score (nSPS) is 10.7. The zero-order valence-corrected chi connectivity index (χ0v) is 11.5. The molecule has 6 nitrogen and oxygen atoms in total. The third kappa shape index (κ3) is 2.27. The molecule has 0 fully saturated rings. The Hall–Kier alpha value is -2.63. The Balaban J connectivity index is 1.85. The van der Waals surface area contributed by atoms with E-state index in [0.29, 0.717) is 6.54 Å². The van der Waals surface area contributed by atoms with E-state index in [-0.39, 0.29) is 0 Å². The molecule has 3 aromatic rings. The lowest BCUT2D eigenvalue weighted by molar-refractivity contribution is 0.846. The van der Waals surface area contributed by atoms with Crippen molar-refractivity contribution in [3.05, 3.63) is 53.7 Å². The quantitative estimate of drug-likeness (QED) is 0.761. The van der Waals surface area contributed by atoms with Gasteiger partial charge < -0.3 is 5.32 Å². The van der Waals surface area contributed by atoms with Crippen LogP contribution >= 0.6 is 0 Å². The number of nitrogens with zero attached hydrogens (tertiary/aromatic N) is 4. The van der Waals surface area contributed by atoms with Crippen molar-refractivity contribution < 1.29 is 0 Å². The van der Waals surface area contributed by atoms with Crippen LogP contribution in [0.3, 0.4) is 0 Å². The highest BCUT2D eigenvalue weighted by Crippen LogP contribution is 2.18. The molecule has 2 N–H and O–H groups in total. The van der Waals surface area contributed by atoms with E-state index in [1.807, 2.05) is 38.2 Å². The Bertz CT molecular complexity index is 679. The van der Waals surface area contributed by atoms with E-state index >= 15 is 0 Å². The number of rotatable bonds is 4. The van der Waals surface area contributed by atoms with Crippen LogP contribution in [-0.2, 0) is 6.54 Å². The number of nitrogens with one attached hydrogen (secondary N) is 2. The first-order valence-corrected chi connectivity index (χ1v) is 6.45. The van der Waals surface area contributed by atoms with Gasteiger partial charge in [-0.2, -0.15) is 10.2 Å². The summed E-state index contributed by atoms with van der Waals surface area (Å²) in [5.41, 5.74) is 4.22. The van der Waals surface area contributed by atoms with Crippen molar-refractivity contribution in [1.82, 2.24) is 25.0 Å². The number of H-pyrrole nitrogens is 1. The molecule has 20 heavy (non-hydrogen) atoms. The van der Waals surface area contributed by atoms with E-state index in [1.54, 1.807) is 17.1 Å². The summed E-state index contributed by atoms with van der Waals surface area (Å²) in [6.07, 6.45) is 5.38. The van der Waals surface area contributed by atoms with Crippen LogP contribution < -0.4 is 5.32 Å². The molecular formula is C14H16N6. The number of aryl methyl sites for hydroxylation is 2. The van der Waals surface area contributed by atoms with Gasteiger partial charge in [0, 0.05) is 36.4 Å². The lowest BCUT2D eigenvalue weighted by Crippen LogP contribution is -2.07. The van der Waals surface area contributed by atoms with Crippen molar-refractivity contribution >= 4 is 5.69 Å². The summed E-state index contributed by atoms with van der Waals surface area (Å²) in [6.45, 7) is 4.72. The maximum Gasteiger partial charge on any atom is 0.176 e. The zero-order valence-electron chi connectivity index (χ0n) is 11.5. The van der Waals surface area contributed by atoms with Crippen molar-refractivity contribution in [2.75, 3.05) is 5.32 Å². The Morgan fingerprint density at radius 2 is 2.15 bits per heavy atom. The van der Waals surface area contributed by atoms with Gasteiger partial charge in [0.05, 0.1) is 11.4 Å². The number of anilines is 1. The number of aromatic nitrogens is 5. The van der Waals surface area contributed by atoms with Crippen molar-refractivity contribution in [2.24, 2.45) is 0 Å². The maximum atomic E-state index is 4.38. The van der Waals surface area contributed by atoms with E-state index in [2.05, 4.69) is 25.6 Å². The molecule has 102 valence electrons. The third-order valence-electron chi connectivity index (χ3n) is 3.24. The number of pyridine rings is 1. The second kappa shape index (κ2) is 5.16. The van der Waals surface area contributed by atoms with E-state index < -0.39 is 0 Å². The molecular weight excluding hydrogens is 252 g/mol. The molecule has 0 aliphatic heterocycles. The van der Waals surface area contributed by atoms with Gasteiger partial charge in [-0.25, -0.2) is 9.67 Å². The molecule has 0 aliphatic carbocycles. The van der Waals surface area contributed by atoms with Crippen LogP contribution in [0.25, 0.3) is 5.82 Å². The largest absolute Gasteiger partial charge is 0.378 e. The second-order valence-corrected chi connectivity index (χ2v) is 4.59. The topological polar surface area (TPSA) is 71.4 Å². The Morgan fingerprint density at radius 3 is 2.85 bits per heavy atom. The monoisotopic (exact) mass is 268 g/mol. The van der Waals surface area contributed by atoms with Crippen molar-refractivity contribution in [3.63, 3.8) is 0 Å². The number of hydrogen-bond acceptors (Lipinski definition) is 4. The SMILES string of the molecule is Cc1n[nH]c(C)c1CNc1cccnc1-n1cccn1. The minimum absolute atomic E-state index is 0.703. The second-order valence-electron chi connectivity index (χ2n) is 4.59. The molecule has 0 amide bonds. The van der Waals surface area contributed by atoms with Crippen LogP contribution in [0, 0.1) is 13.8 Å². The molecule has 0 radical (unpaired) electrons. The molecule has 0 saturated carbocycles. The zero-order chi connectivity index (χ0) is 13.9. The molecule has 0 aromatic carbocycles. The van der Waals surface area contributed by atoms with Crippen LogP contribution in [0.4, 0.5) is 5.69 Å². The molecule has 3 heterocycles. The summed E-state index contributed by atoms with van der Waals surface area (Å²) in [4.78, 5) is 4.38. The van der Waals surface area contributed by atoms with Gasteiger partial charge >= 0.3 is 0 Å². The maximum absolute atomic E-state index is 4.38. The van der Waals surface area contributed by atoms with Gasteiger partial charge in [0.25, 0.3) is 0 Å². The minimum atomic E-state index is 0.703. The Morgan fingerprint density at radius 1 is 1.25 bits per heavy atom. The van der Waals surface area contributed by atoms with Crippen LogP contribution in [0.1, 0.15) is 17.0 Å². The summed E-state index contributed by atoms with van der Waals surface area (Å²) in [5.74, 6) is 0.788. The lowest BCUT2D eigenvalue weighted by Gasteiger charge is -2.11. The first-order valence-electron chi connectivity index (χ1n) is 6.45. The number of hydrogen-bond donors (Lipinski definition) is 2. The minimum Gasteiger partial charge on any atom is -0.378 e. The van der Waals surface area contributed by atoms with Gasteiger partial charge in [0.2, 0.25) is 0 Å². The van der Waals surface area contributed by atoms with Crippen LogP contribution in [-0.4, -0.2) is 25.0 Å². The highest BCUT2D eigenvalue weighted by Gasteiger charge is 2.09. The predicted molar refractivity (Wildman–Crippen MR) is 76.7 cm³/mol. The van der Waals surface area contributed by atoms with Crippen LogP contribution in [0.2, 0.25) is 0 Å². The summed E-state index contributed by atoms with van der Waals surface area (Å²) < 4.78 is 1.75. The van der Waals surface area contributed by atoms with Gasteiger partial charge in [-0.15, -0.1) is 0 Å². The fourth-order valence-electron chi connectivity index (χ4n) is 2.13. The number of aromatic amines is 1. The molecule has 6 heteroatoms. The predicted octanol–water partition coefficient (Wildman–Crippen LogP) is 2.22. The van der Waals surface area contributed by atoms with Gasteiger partial charge in [-0.05, 0) is 32.0 Å². The smallest absolute Gasteiger partial charge is 0.176 e. The van der Waals surface area contributed by atoms with Crippen molar-refractivity contribution in [1.29, 1.82) is 0 Å². The fourth-order valence-corrected chi connectivity index (χ4v) is 2.13. The highest BCUT2D eigenvalue weighted by atomic mass is 15.3. The first-order chi connectivity index (χ1) is 9.75. The first kappa shape index (κ1) is 12.4. The molecule has 0 bridgehead atoms. The Kier molecular flexibility index (Phi) is 3.20. The summed E-state index contributed by atoms with van der Waals surface area (Å²) in [5, 5.41) is 14.8. The van der Waals surface area contributed by atoms with Gasteiger partial charge in [-0.3, -0.25) is 5.10 Å². The van der Waals surface area contributed by atoms with Crippen LogP contribution in [0.15, 0.2) is 36.8 Å². The molecule has 3 aromatic heterocycles. The van der Waals surface area contributed by atoms with Gasteiger partial charge in [0.1, 0.15) is 0 Å². The van der Waals surface area contributed by atoms with E-state index in [4.69, 9.17) is 0 Å². The molecule has 0 saturated heterocycles. The van der Waals surface area contributed by atoms with E-state index in [9.17, 15) is 0 Å². The third-order valence-corrected chi connectivity index (χ3v) is 3.24. The molecule has 0 atom stereocenters. The van der Waals surface area contributed by atoms with E-state index in [1.165, 1.54) is 5.56 Å². The Labute approximate surface area is 116 Å². The summed E-state index contributed by atoms with van der Waals surface area (Å²) in [7, 11) is 0. The van der Waals surface area contributed by atoms with Crippen molar-refractivity contribution in [2.45, 2.75) is 20.4 Å². The standard InChI is InChI=1S/C14H16N6/c1-10-12(11(2)19-18-10)9-16-13-5-3-6-15-14(13)20-8-4-7-17-20/h3-8,16H,9H2,1-2H3,(H,18,19).